The van der Waals surface area contributed by atoms with Gasteiger partial charge in [-0.2, -0.15) is 0 Å². The molecule has 0 bridgehead atoms. The minimum atomic E-state index is 0.00515. The molecular weight excluding hydrogens is 468 g/mol. The topological polar surface area (TPSA) is 84.0 Å². The number of nitrogens with zero attached hydrogens (tertiary/aromatic N) is 3. The maximum atomic E-state index is 5.79. The molecule has 0 radical (unpaired) electrons. The summed E-state index contributed by atoms with van der Waals surface area (Å²) in [6, 6.07) is 14.7. The molecule has 4 rings (SSSR count). The minimum Gasteiger partial charge on any atom is -0.492 e. The third-order valence-electron chi connectivity index (χ3n) is 6.03. The summed E-state index contributed by atoms with van der Waals surface area (Å²) < 4.78 is 9.15. The zero-order valence-electron chi connectivity index (χ0n) is 22.0. The lowest BCUT2D eigenvalue weighted by molar-refractivity contribution is 0.418. The van der Waals surface area contributed by atoms with Gasteiger partial charge in [-0.3, -0.25) is 0 Å². The van der Waals surface area contributed by atoms with E-state index in [4.69, 9.17) is 4.74 Å². The number of aryl methyl sites for hydroxylation is 2. The molecule has 7 nitrogen and oxygen atoms in total. The zero-order valence-corrected chi connectivity index (χ0v) is 22.8. The van der Waals surface area contributed by atoms with Crippen molar-refractivity contribution in [2.75, 3.05) is 28.7 Å². The first-order chi connectivity index (χ1) is 17.2. The van der Waals surface area contributed by atoms with Gasteiger partial charge in [-0.25, -0.2) is 15.0 Å². The van der Waals surface area contributed by atoms with Crippen LogP contribution in [0.2, 0.25) is 0 Å². The quantitative estimate of drug-likeness (QED) is 0.222. The molecule has 36 heavy (non-hydrogen) atoms. The van der Waals surface area contributed by atoms with E-state index in [9.17, 15) is 0 Å². The number of pyridine rings is 1. The van der Waals surface area contributed by atoms with E-state index in [2.05, 4.69) is 88.3 Å². The van der Waals surface area contributed by atoms with Gasteiger partial charge in [0.2, 0.25) is 0 Å². The largest absolute Gasteiger partial charge is 0.492 e. The van der Waals surface area contributed by atoms with Crippen molar-refractivity contribution >= 4 is 45.9 Å². The molecule has 0 fully saturated rings. The summed E-state index contributed by atoms with van der Waals surface area (Å²) in [4.78, 5) is 13.5. The Morgan fingerprint density at radius 3 is 2.44 bits per heavy atom. The van der Waals surface area contributed by atoms with Crippen molar-refractivity contribution in [2.45, 2.75) is 46.6 Å². The monoisotopic (exact) mass is 502 g/mol. The molecule has 3 N–H and O–H groups in total. The van der Waals surface area contributed by atoms with E-state index < -0.39 is 0 Å². The number of fused-ring (bicyclic) bond motifs is 1. The second-order valence-corrected chi connectivity index (χ2v) is 10.4. The molecule has 0 saturated carbocycles. The van der Waals surface area contributed by atoms with Gasteiger partial charge in [0.15, 0.2) is 11.6 Å². The molecule has 0 unspecified atom stereocenters. The van der Waals surface area contributed by atoms with Crippen LogP contribution in [-0.2, 0) is 12.0 Å². The Morgan fingerprint density at radius 2 is 1.72 bits per heavy atom. The van der Waals surface area contributed by atoms with Crippen molar-refractivity contribution in [2.24, 2.45) is 0 Å². The lowest BCUT2D eigenvalue weighted by Gasteiger charge is -2.24. The second-order valence-electron chi connectivity index (χ2n) is 9.83. The third-order valence-corrected chi connectivity index (χ3v) is 6.45. The summed E-state index contributed by atoms with van der Waals surface area (Å²) in [6.07, 6.45) is 3.58. The fraction of sp³-hybridized carbons (Fsp3) is 0.321. The first kappa shape index (κ1) is 25.6. The Labute approximate surface area is 217 Å². The van der Waals surface area contributed by atoms with E-state index in [1.54, 1.807) is 25.4 Å². The van der Waals surface area contributed by atoms with Crippen LogP contribution in [-0.4, -0.2) is 28.3 Å². The van der Waals surface area contributed by atoms with E-state index >= 15 is 0 Å². The highest BCUT2D eigenvalue weighted by molar-refractivity contribution is 7.99. The van der Waals surface area contributed by atoms with Crippen LogP contribution in [0, 0.1) is 13.8 Å². The predicted molar refractivity (Wildman–Crippen MR) is 153 cm³/mol. The summed E-state index contributed by atoms with van der Waals surface area (Å²) in [5.74, 6) is 1.50. The Hall–Kier alpha value is -3.52. The molecule has 0 saturated heterocycles. The number of hydrogen-bond acceptors (Lipinski definition) is 8. The van der Waals surface area contributed by atoms with Crippen molar-refractivity contribution in [1.82, 2.24) is 15.0 Å². The van der Waals surface area contributed by atoms with Gasteiger partial charge in [-0.1, -0.05) is 44.9 Å². The van der Waals surface area contributed by atoms with E-state index in [-0.39, 0.29) is 5.41 Å². The number of nitrogens with one attached hydrogen (secondary N) is 3. The molecule has 0 atom stereocenters. The van der Waals surface area contributed by atoms with E-state index in [0.717, 1.165) is 50.7 Å². The van der Waals surface area contributed by atoms with Crippen LogP contribution in [0.15, 0.2) is 48.8 Å². The summed E-state index contributed by atoms with van der Waals surface area (Å²) in [6.45, 7) is 11.3. The maximum absolute atomic E-state index is 5.79. The van der Waals surface area contributed by atoms with Crippen LogP contribution in [0.1, 0.15) is 43.2 Å². The second kappa shape index (κ2) is 10.6. The van der Waals surface area contributed by atoms with Crippen LogP contribution in [0.3, 0.4) is 0 Å². The smallest absolute Gasteiger partial charge is 0.165 e. The molecule has 0 aliphatic carbocycles. The summed E-state index contributed by atoms with van der Waals surface area (Å²) in [5.41, 5.74) is 8.90. The highest BCUT2D eigenvalue weighted by Gasteiger charge is 2.20. The van der Waals surface area contributed by atoms with Crippen LogP contribution in [0.4, 0.5) is 22.9 Å². The molecule has 2 aromatic heterocycles. The van der Waals surface area contributed by atoms with Crippen molar-refractivity contribution in [3.63, 3.8) is 0 Å². The van der Waals surface area contributed by atoms with E-state index in [0.29, 0.717) is 12.4 Å². The van der Waals surface area contributed by atoms with E-state index in [1.165, 1.54) is 5.56 Å². The molecule has 4 aromatic rings. The molecule has 2 heterocycles. The maximum Gasteiger partial charge on any atom is 0.165 e. The lowest BCUT2D eigenvalue weighted by Crippen LogP contribution is -2.13. The number of methoxy groups -OCH3 is 1. The molecule has 0 amide bonds. The number of benzene rings is 2. The van der Waals surface area contributed by atoms with Gasteiger partial charge in [0.25, 0.3) is 0 Å². The molecule has 0 spiro atoms. The molecule has 2 aromatic carbocycles. The van der Waals surface area contributed by atoms with Gasteiger partial charge in [-0.05, 0) is 66.3 Å². The van der Waals surface area contributed by atoms with Crippen LogP contribution >= 0.6 is 11.9 Å². The lowest BCUT2D eigenvalue weighted by atomic mass is 9.86. The van der Waals surface area contributed by atoms with Crippen molar-refractivity contribution in [3.8, 4) is 5.75 Å². The number of ether oxygens (including phenoxy) is 1. The Morgan fingerprint density at radius 1 is 0.944 bits per heavy atom. The first-order valence-corrected chi connectivity index (χ1v) is 13.1. The van der Waals surface area contributed by atoms with Gasteiger partial charge in [0.05, 0.1) is 24.0 Å². The molecule has 0 aliphatic rings. The first-order valence-electron chi connectivity index (χ1n) is 11.9. The summed E-state index contributed by atoms with van der Waals surface area (Å²) in [5, 5.41) is 7.08. The van der Waals surface area contributed by atoms with E-state index in [1.807, 2.05) is 25.3 Å². The number of hydrogen-bond donors (Lipinski definition) is 3. The average molecular weight is 503 g/mol. The number of rotatable bonds is 8. The van der Waals surface area contributed by atoms with Gasteiger partial charge in [-0.15, -0.1) is 0 Å². The predicted octanol–water partition coefficient (Wildman–Crippen LogP) is 6.99. The normalized spacial score (nSPS) is 11.4. The van der Waals surface area contributed by atoms with Gasteiger partial charge >= 0.3 is 0 Å². The highest BCUT2D eigenvalue weighted by atomic mass is 32.2. The molecule has 0 aliphatic heterocycles. The third kappa shape index (κ3) is 5.65. The van der Waals surface area contributed by atoms with Crippen LogP contribution < -0.4 is 20.1 Å². The Balaban J connectivity index is 1.62. The van der Waals surface area contributed by atoms with Crippen molar-refractivity contribution in [1.29, 1.82) is 0 Å². The summed E-state index contributed by atoms with van der Waals surface area (Å²) >= 11 is 1.55. The molecule has 188 valence electrons. The van der Waals surface area contributed by atoms with Crippen molar-refractivity contribution < 1.29 is 4.74 Å². The Bertz CT molecular complexity index is 1380. The zero-order chi connectivity index (χ0) is 25.9. The van der Waals surface area contributed by atoms with Gasteiger partial charge in [0, 0.05) is 24.2 Å². The van der Waals surface area contributed by atoms with Crippen LogP contribution in [0.25, 0.3) is 11.0 Å². The van der Waals surface area contributed by atoms with Crippen molar-refractivity contribution in [3.05, 3.63) is 71.2 Å². The Kier molecular flexibility index (Phi) is 7.54. The standard InChI is InChI=1S/C28H34N6OS/c1-17-8-10-19(12-22(17)33-27-25-21(30-16-31-27)11-9-18(2)32-25)15-29-23-13-20(28(3,4)5)14-24(34-36-7)26(23)35-6/h8-14,16,29,34H,15H2,1-7H3,(H,30,31,33). The average Bonchev–Trinajstić information content (AvgIpc) is 2.84. The molecular formula is C28H34N6OS. The SMILES string of the molecule is COc1c(NCc2ccc(C)c(Nc3ncnc4ccc(C)nc34)c2)cc(C(C)(C)C)cc1NSC. The summed E-state index contributed by atoms with van der Waals surface area (Å²) in [7, 11) is 1.71. The fourth-order valence-electron chi connectivity index (χ4n) is 3.97. The molecule has 8 heteroatoms. The number of aromatic nitrogens is 3. The fourth-order valence-corrected chi connectivity index (χ4v) is 4.34. The highest BCUT2D eigenvalue weighted by Crippen LogP contribution is 2.39. The van der Waals surface area contributed by atoms with Crippen LogP contribution in [0.5, 0.6) is 5.75 Å². The van der Waals surface area contributed by atoms with Gasteiger partial charge < -0.3 is 20.1 Å². The van der Waals surface area contributed by atoms with Gasteiger partial charge in [0.1, 0.15) is 11.8 Å². The number of anilines is 4. The minimum absolute atomic E-state index is 0.00515.